The van der Waals surface area contributed by atoms with Crippen LogP contribution >= 0.6 is 11.3 Å². The number of aliphatic hydroxyl groups is 1. The van der Waals surface area contributed by atoms with Crippen LogP contribution in [0.4, 0.5) is 0 Å². The van der Waals surface area contributed by atoms with Crippen LogP contribution < -0.4 is 0 Å². The first-order valence-electron chi connectivity index (χ1n) is 6.50. The van der Waals surface area contributed by atoms with Gasteiger partial charge in [-0.15, -0.1) is 11.3 Å². The van der Waals surface area contributed by atoms with Gasteiger partial charge < -0.3 is 10.0 Å². The lowest BCUT2D eigenvalue weighted by Gasteiger charge is -2.19. The topological polar surface area (TPSA) is 53.4 Å². The normalized spacial score (nSPS) is 16.6. The van der Waals surface area contributed by atoms with Crippen LogP contribution in [0.15, 0.2) is 6.20 Å². The van der Waals surface area contributed by atoms with E-state index in [0.29, 0.717) is 17.3 Å². The molecule has 1 atom stereocenters. The van der Waals surface area contributed by atoms with Gasteiger partial charge in [0.1, 0.15) is 4.88 Å². The number of hydrogen-bond donors (Lipinski definition) is 1. The molecule has 1 fully saturated rings. The number of likely N-dealkylation sites (N-methyl/N-ethyl adjacent to an activating group) is 1. The van der Waals surface area contributed by atoms with E-state index in [1.165, 1.54) is 11.3 Å². The molecule has 100 valence electrons. The van der Waals surface area contributed by atoms with E-state index in [4.69, 9.17) is 0 Å². The Balaban J connectivity index is 1.91. The van der Waals surface area contributed by atoms with E-state index in [0.717, 1.165) is 30.7 Å². The van der Waals surface area contributed by atoms with Crippen LogP contribution in [0, 0.1) is 5.92 Å². The Morgan fingerprint density at radius 1 is 1.67 bits per heavy atom. The number of rotatable bonds is 6. The highest BCUT2D eigenvalue weighted by molar-refractivity contribution is 7.13. The Kier molecular flexibility index (Phi) is 4.35. The molecule has 1 amide bonds. The third-order valence-corrected chi connectivity index (χ3v) is 4.25. The Hall–Kier alpha value is -0.940. The van der Waals surface area contributed by atoms with E-state index in [-0.39, 0.29) is 12.0 Å². The third kappa shape index (κ3) is 3.29. The first-order chi connectivity index (χ1) is 8.61. The number of carbonyl (C=O) groups excluding carboxylic acids is 1. The fraction of sp³-hybridized carbons (Fsp3) is 0.692. The molecule has 1 aromatic rings. The summed E-state index contributed by atoms with van der Waals surface area (Å²) < 4.78 is 0. The monoisotopic (exact) mass is 268 g/mol. The number of nitrogens with zero attached hydrogens (tertiary/aromatic N) is 2. The maximum absolute atomic E-state index is 12.1. The van der Waals surface area contributed by atoms with Gasteiger partial charge >= 0.3 is 0 Å². The molecule has 4 nitrogen and oxygen atoms in total. The van der Waals surface area contributed by atoms with Crippen molar-refractivity contribution in [3.8, 4) is 0 Å². The maximum Gasteiger partial charge on any atom is 0.265 e. The van der Waals surface area contributed by atoms with Crippen LogP contribution in [0.3, 0.4) is 0 Å². The first kappa shape index (κ1) is 13.5. The zero-order valence-corrected chi connectivity index (χ0v) is 11.7. The number of thiazole rings is 1. The van der Waals surface area contributed by atoms with E-state index in [9.17, 15) is 9.90 Å². The van der Waals surface area contributed by atoms with Gasteiger partial charge in [0.05, 0.1) is 17.3 Å². The molecule has 0 bridgehead atoms. The van der Waals surface area contributed by atoms with E-state index in [2.05, 4.69) is 11.9 Å². The average molecular weight is 268 g/mol. The van der Waals surface area contributed by atoms with Gasteiger partial charge in [0.2, 0.25) is 0 Å². The molecule has 1 unspecified atom stereocenters. The van der Waals surface area contributed by atoms with Crippen molar-refractivity contribution in [3.05, 3.63) is 16.1 Å². The first-order valence-corrected chi connectivity index (χ1v) is 7.31. The number of aliphatic hydroxyl groups excluding tert-OH is 1. The third-order valence-electron chi connectivity index (χ3n) is 3.20. The summed E-state index contributed by atoms with van der Waals surface area (Å²) in [5.74, 6) is 0.368. The molecule has 1 N–H and O–H groups in total. The lowest BCUT2D eigenvalue weighted by molar-refractivity contribution is 0.0649. The number of hydrogen-bond acceptors (Lipinski definition) is 4. The molecule has 2 rings (SSSR count). The molecule has 1 aromatic heterocycles. The van der Waals surface area contributed by atoms with E-state index in [1.807, 2.05) is 0 Å². The standard InChI is InChI=1S/C13H20N2O2S/c1-3-4-12-14-7-11(18-12)13(17)15(2)8-10(16)9-5-6-9/h7,9-10,16H,3-6,8H2,1-2H3. The van der Waals surface area contributed by atoms with E-state index < -0.39 is 0 Å². The van der Waals surface area contributed by atoms with Crippen LogP contribution in [0.1, 0.15) is 40.9 Å². The second-order valence-electron chi connectivity index (χ2n) is 4.96. The summed E-state index contributed by atoms with van der Waals surface area (Å²) >= 11 is 1.46. The summed E-state index contributed by atoms with van der Waals surface area (Å²) in [6.45, 7) is 2.52. The maximum atomic E-state index is 12.1. The van der Waals surface area contributed by atoms with Gasteiger partial charge in [0.25, 0.3) is 5.91 Å². The Morgan fingerprint density at radius 3 is 3.00 bits per heavy atom. The van der Waals surface area contributed by atoms with Crippen LogP contribution in [0.5, 0.6) is 0 Å². The molecular formula is C13H20N2O2S. The molecule has 0 aromatic carbocycles. The van der Waals surface area contributed by atoms with Crippen LogP contribution in [0.25, 0.3) is 0 Å². The summed E-state index contributed by atoms with van der Waals surface area (Å²) in [4.78, 5) is 18.6. The molecule has 0 aliphatic heterocycles. The van der Waals surface area contributed by atoms with Crippen molar-refractivity contribution in [1.82, 2.24) is 9.88 Å². The quantitative estimate of drug-likeness (QED) is 0.858. The highest BCUT2D eigenvalue weighted by Crippen LogP contribution is 2.32. The summed E-state index contributed by atoms with van der Waals surface area (Å²) in [6.07, 6.45) is 5.42. The average Bonchev–Trinajstić information content (AvgIpc) is 3.10. The summed E-state index contributed by atoms with van der Waals surface area (Å²) in [6, 6.07) is 0. The molecule has 1 aliphatic rings. The Labute approximate surface area is 112 Å². The predicted molar refractivity (Wildman–Crippen MR) is 71.8 cm³/mol. The molecule has 1 heterocycles. The largest absolute Gasteiger partial charge is 0.391 e. The molecular weight excluding hydrogens is 248 g/mol. The molecule has 0 saturated heterocycles. The van der Waals surface area contributed by atoms with Gasteiger partial charge in [-0.2, -0.15) is 0 Å². The minimum atomic E-state index is -0.373. The van der Waals surface area contributed by atoms with E-state index in [1.54, 1.807) is 18.1 Å². The zero-order valence-electron chi connectivity index (χ0n) is 10.9. The van der Waals surface area contributed by atoms with Crippen molar-refractivity contribution in [3.63, 3.8) is 0 Å². The van der Waals surface area contributed by atoms with Crippen molar-refractivity contribution in [2.45, 2.75) is 38.7 Å². The Morgan fingerprint density at radius 2 is 2.39 bits per heavy atom. The second-order valence-corrected chi connectivity index (χ2v) is 6.07. The summed E-state index contributed by atoms with van der Waals surface area (Å²) in [5.41, 5.74) is 0. The van der Waals surface area contributed by atoms with Crippen LogP contribution in [-0.4, -0.2) is 40.6 Å². The minimum absolute atomic E-state index is 0.0328. The molecule has 5 heteroatoms. The summed E-state index contributed by atoms with van der Waals surface area (Å²) in [5, 5.41) is 10.8. The molecule has 1 aliphatic carbocycles. The van der Waals surface area contributed by atoms with Crippen LogP contribution in [0.2, 0.25) is 0 Å². The van der Waals surface area contributed by atoms with Gasteiger partial charge in [-0.3, -0.25) is 4.79 Å². The fourth-order valence-corrected chi connectivity index (χ4v) is 2.93. The Bertz CT molecular complexity index is 415. The second kappa shape index (κ2) is 5.80. The smallest absolute Gasteiger partial charge is 0.265 e. The fourth-order valence-electron chi connectivity index (χ4n) is 1.92. The SMILES string of the molecule is CCCc1ncc(C(=O)N(C)CC(O)C2CC2)s1. The number of amides is 1. The van der Waals surface area contributed by atoms with Crippen molar-refractivity contribution in [2.24, 2.45) is 5.92 Å². The lowest BCUT2D eigenvalue weighted by Crippen LogP contribution is -2.34. The predicted octanol–water partition coefficient (Wildman–Crippen LogP) is 1.94. The van der Waals surface area contributed by atoms with Gasteiger partial charge in [-0.1, -0.05) is 6.92 Å². The molecule has 0 radical (unpaired) electrons. The van der Waals surface area contributed by atoms with E-state index >= 15 is 0 Å². The van der Waals surface area contributed by atoms with Crippen LogP contribution in [-0.2, 0) is 6.42 Å². The minimum Gasteiger partial charge on any atom is -0.391 e. The lowest BCUT2D eigenvalue weighted by atomic mass is 10.2. The molecule has 0 spiro atoms. The van der Waals surface area contributed by atoms with Gasteiger partial charge in [0.15, 0.2) is 0 Å². The van der Waals surface area contributed by atoms with Gasteiger partial charge in [-0.25, -0.2) is 4.98 Å². The van der Waals surface area contributed by atoms with Crippen molar-refractivity contribution in [1.29, 1.82) is 0 Å². The molecule has 18 heavy (non-hydrogen) atoms. The summed E-state index contributed by atoms with van der Waals surface area (Å²) in [7, 11) is 1.74. The number of aryl methyl sites for hydroxylation is 1. The molecule has 1 saturated carbocycles. The zero-order chi connectivity index (χ0) is 13.1. The highest BCUT2D eigenvalue weighted by atomic mass is 32.1. The number of carbonyl (C=O) groups is 1. The van der Waals surface area contributed by atoms with Crippen molar-refractivity contribution < 1.29 is 9.90 Å². The highest BCUT2D eigenvalue weighted by Gasteiger charge is 2.31. The van der Waals surface area contributed by atoms with Crippen molar-refractivity contribution in [2.75, 3.05) is 13.6 Å². The number of aromatic nitrogens is 1. The van der Waals surface area contributed by atoms with Gasteiger partial charge in [-0.05, 0) is 31.6 Å². The van der Waals surface area contributed by atoms with Gasteiger partial charge in [0, 0.05) is 13.6 Å². The van der Waals surface area contributed by atoms with Crippen molar-refractivity contribution >= 4 is 17.2 Å².